The van der Waals surface area contributed by atoms with Gasteiger partial charge in [0, 0.05) is 17.5 Å². The van der Waals surface area contributed by atoms with Crippen molar-refractivity contribution in [2.75, 3.05) is 21.3 Å². The van der Waals surface area contributed by atoms with Crippen molar-refractivity contribution in [1.82, 2.24) is 14.8 Å². The molecule has 0 aliphatic carbocycles. The Balaban J connectivity index is 1.98. The van der Waals surface area contributed by atoms with Gasteiger partial charge in [-0.2, -0.15) is 9.78 Å². The summed E-state index contributed by atoms with van der Waals surface area (Å²) in [6.45, 7) is 0. The van der Waals surface area contributed by atoms with E-state index in [1.807, 2.05) is 6.07 Å². The first-order valence-corrected chi connectivity index (χ1v) is 7.96. The molecule has 0 saturated heterocycles. The smallest absolute Gasteiger partial charge is 0.295 e. The Morgan fingerprint density at radius 2 is 1.69 bits per heavy atom. The molecular formula is C19H17N3O4. The number of nitrogens with one attached hydrogen (secondary N) is 1. The normalized spacial score (nSPS) is 11.0. The summed E-state index contributed by atoms with van der Waals surface area (Å²) in [6.07, 6.45) is 1.66. The summed E-state index contributed by atoms with van der Waals surface area (Å²) >= 11 is 0. The number of aromatic nitrogens is 3. The Morgan fingerprint density at radius 3 is 2.35 bits per heavy atom. The number of aromatic amines is 1. The third-order valence-electron chi connectivity index (χ3n) is 4.36. The number of nitrogens with zero attached hydrogens (tertiary/aromatic N) is 2. The van der Waals surface area contributed by atoms with E-state index in [0.29, 0.717) is 33.8 Å². The molecule has 1 N–H and O–H groups in total. The van der Waals surface area contributed by atoms with E-state index in [9.17, 15) is 4.79 Å². The Bertz CT molecular complexity index is 1160. The van der Waals surface area contributed by atoms with E-state index < -0.39 is 0 Å². The summed E-state index contributed by atoms with van der Waals surface area (Å²) in [5, 5.41) is 5.83. The van der Waals surface area contributed by atoms with Crippen LogP contribution in [-0.2, 0) is 0 Å². The van der Waals surface area contributed by atoms with Crippen LogP contribution in [0.25, 0.3) is 27.5 Å². The molecule has 4 rings (SSSR count). The number of ether oxygens (including phenoxy) is 3. The van der Waals surface area contributed by atoms with Gasteiger partial charge in [0.15, 0.2) is 0 Å². The van der Waals surface area contributed by atoms with Crippen molar-refractivity contribution in [3.63, 3.8) is 0 Å². The predicted octanol–water partition coefficient (Wildman–Crippen LogP) is 2.89. The first-order chi connectivity index (χ1) is 12.7. The molecule has 0 aliphatic heterocycles. The van der Waals surface area contributed by atoms with Crippen LogP contribution in [0, 0.1) is 0 Å². The largest absolute Gasteiger partial charge is 0.497 e. The van der Waals surface area contributed by atoms with Crippen molar-refractivity contribution in [3.05, 3.63) is 52.9 Å². The quantitative estimate of drug-likeness (QED) is 0.612. The second-order valence-corrected chi connectivity index (χ2v) is 5.73. The molecule has 0 amide bonds. The molecule has 4 aromatic rings. The van der Waals surface area contributed by atoms with Gasteiger partial charge in [-0.15, -0.1) is 0 Å². The van der Waals surface area contributed by atoms with E-state index in [-0.39, 0.29) is 5.56 Å². The monoisotopic (exact) mass is 351 g/mol. The first-order valence-electron chi connectivity index (χ1n) is 7.96. The number of hydrogen-bond donors (Lipinski definition) is 1. The van der Waals surface area contributed by atoms with Gasteiger partial charge in [0.25, 0.3) is 5.56 Å². The molecular weight excluding hydrogens is 334 g/mol. The number of benzene rings is 2. The summed E-state index contributed by atoms with van der Waals surface area (Å²) in [7, 11) is 4.76. The van der Waals surface area contributed by atoms with Crippen LogP contribution in [0.1, 0.15) is 0 Å². The maximum absolute atomic E-state index is 13.0. The minimum Gasteiger partial charge on any atom is -0.497 e. The Labute approximate surface area is 148 Å². The number of H-pyrrole nitrogens is 1. The van der Waals surface area contributed by atoms with E-state index in [0.717, 1.165) is 10.9 Å². The topological polar surface area (TPSA) is 78.4 Å². The van der Waals surface area contributed by atoms with E-state index in [4.69, 9.17) is 14.2 Å². The third kappa shape index (κ3) is 2.36. The summed E-state index contributed by atoms with van der Waals surface area (Å²) in [4.78, 5) is 16.1. The molecule has 2 heterocycles. The zero-order valence-electron chi connectivity index (χ0n) is 14.6. The van der Waals surface area contributed by atoms with Crippen molar-refractivity contribution in [1.29, 1.82) is 0 Å². The SMILES string of the molecule is COc1ccc(-n2ncc3c([nH]c4cc(OC)cc(OC)c43)c2=O)cc1. The van der Waals surface area contributed by atoms with Gasteiger partial charge >= 0.3 is 0 Å². The fraction of sp³-hybridized carbons (Fsp3) is 0.158. The van der Waals surface area contributed by atoms with Crippen LogP contribution in [-0.4, -0.2) is 36.1 Å². The molecule has 0 saturated carbocycles. The molecule has 7 heteroatoms. The fourth-order valence-electron chi connectivity index (χ4n) is 3.05. The lowest BCUT2D eigenvalue weighted by atomic mass is 10.1. The highest BCUT2D eigenvalue weighted by Gasteiger charge is 2.16. The van der Waals surface area contributed by atoms with Crippen LogP contribution in [0.4, 0.5) is 0 Å². The van der Waals surface area contributed by atoms with Crippen molar-refractivity contribution in [2.24, 2.45) is 0 Å². The van der Waals surface area contributed by atoms with E-state index in [1.165, 1.54) is 4.68 Å². The number of hydrogen-bond acceptors (Lipinski definition) is 5. The minimum atomic E-state index is -0.245. The van der Waals surface area contributed by atoms with Gasteiger partial charge in [0.2, 0.25) is 0 Å². The molecule has 0 fully saturated rings. The van der Waals surface area contributed by atoms with Crippen LogP contribution in [0.3, 0.4) is 0 Å². The van der Waals surface area contributed by atoms with E-state index in [1.54, 1.807) is 57.9 Å². The van der Waals surface area contributed by atoms with Gasteiger partial charge in [0.05, 0.1) is 44.1 Å². The standard InChI is InChI=1S/C19H17N3O4/c1-24-12-6-4-11(5-7-12)22-19(23)18-14(10-20-22)17-15(21-18)8-13(25-2)9-16(17)26-3/h4-10,21H,1-3H3. The van der Waals surface area contributed by atoms with E-state index >= 15 is 0 Å². The molecule has 0 radical (unpaired) electrons. The van der Waals surface area contributed by atoms with Crippen LogP contribution in [0.15, 0.2) is 47.4 Å². The minimum absolute atomic E-state index is 0.245. The summed E-state index contributed by atoms with van der Waals surface area (Å²) < 4.78 is 17.3. The van der Waals surface area contributed by atoms with Gasteiger partial charge in [0.1, 0.15) is 22.8 Å². The maximum atomic E-state index is 13.0. The maximum Gasteiger partial charge on any atom is 0.295 e. The van der Waals surface area contributed by atoms with Crippen molar-refractivity contribution >= 4 is 21.8 Å². The lowest BCUT2D eigenvalue weighted by Crippen LogP contribution is -2.20. The molecule has 7 nitrogen and oxygen atoms in total. The Kier molecular flexibility index (Phi) is 3.76. The van der Waals surface area contributed by atoms with Gasteiger partial charge < -0.3 is 19.2 Å². The highest BCUT2D eigenvalue weighted by Crippen LogP contribution is 2.35. The number of methoxy groups -OCH3 is 3. The lowest BCUT2D eigenvalue weighted by molar-refractivity contribution is 0.398. The average molecular weight is 351 g/mol. The molecule has 2 aromatic carbocycles. The van der Waals surface area contributed by atoms with Crippen LogP contribution in [0.5, 0.6) is 17.2 Å². The molecule has 0 atom stereocenters. The average Bonchev–Trinajstić information content (AvgIpc) is 3.07. The van der Waals surface area contributed by atoms with Crippen LogP contribution < -0.4 is 19.8 Å². The van der Waals surface area contributed by atoms with Gasteiger partial charge in [-0.1, -0.05) is 0 Å². The third-order valence-corrected chi connectivity index (χ3v) is 4.36. The van der Waals surface area contributed by atoms with Crippen molar-refractivity contribution in [2.45, 2.75) is 0 Å². The highest BCUT2D eigenvalue weighted by atomic mass is 16.5. The second-order valence-electron chi connectivity index (χ2n) is 5.73. The lowest BCUT2D eigenvalue weighted by Gasteiger charge is -2.07. The number of fused-ring (bicyclic) bond motifs is 3. The number of rotatable bonds is 4. The molecule has 132 valence electrons. The Hall–Kier alpha value is -3.48. The molecule has 0 bridgehead atoms. The van der Waals surface area contributed by atoms with E-state index in [2.05, 4.69) is 10.1 Å². The molecule has 0 spiro atoms. The highest BCUT2D eigenvalue weighted by molar-refractivity contribution is 6.10. The Morgan fingerprint density at radius 1 is 0.962 bits per heavy atom. The fourth-order valence-corrected chi connectivity index (χ4v) is 3.05. The first kappa shape index (κ1) is 16.0. The zero-order valence-corrected chi connectivity index (χ0v) is 14.6. The summed E-state index contributed by atoms with van der Waals surface area (Å²) in [6, 6.07) is 10.7. The molecule has 26 heavy (non-hydrogen) atoms. The molecule has 0 aliphatic rings. The van der Waals surface area contributed by atoms with Crippen molar-refractivity contribution in [3.8, 4) is 22.9 Å². The second kappa shape index (κ2) is 6.11. The van der Waals surface area contributed by atoms with Gasteiger partial charge in [-0.3, -0.25) is 4.79 Å². The molecule has 0 unspecified atom stereocenters. The summed E-state index contributed by atoms with van der Waals surface area (Å²) in [5.74, 6) is 1.98. The zero-order chi connectivity index (χ0) is 18.3. The predicted molar refractivity (Wildman–Crippen MR) is 98.9 cm³/mol. The van der Waals surface area contributed by atoms with Crippen LogP contribution in [0.2, 0.25) is 0 Å². The van der Waals surface area contributed by atoms with Gasteiger partial charge in [-0.25, -0.2) is 0 Å². The van der Waals surface area contributed by atoms with Crippen LogP contribution >= 0.6 is 0 Å². The summed E-state index contributed by atoms with van der Waals surface area (Å²) in [5.41, 5.74) is 1.62. The molecule has 2 aromatic heterocycles. The van der Waals surface area contributed by atoms with Gasteiger partial charge in [-0.05, 0) is 24.3 Å². The van der Waals surface area contributed by atoms with Crippen molar-refractivity contribution < 1.29 is 14.2 Å².